The van der Waals surface area contributed by atoms with Crippen LogP contribution in [0, 0.1) is 24.0 Å². The zero-order valence-electron chi connectivity index (χ0n) is 12.2. The van der Waals surface area contributed by atoms with Crippen molar-refractivity contribution in [1.29, 1.82) is 0 Å². The Balaban J connectivity index is 2.36. The number of benzene rings is 1. The molecule has 21 heavy (non-hydrogen) atoms. The van der Waals surface area contributed by atoms with Crippen LogP contribution in [0.3, 0.4) is 0 Å². The van der Waals surface area contributed by atoms with E-state index in [1.165, 1.54) is 0 Å². The van der Waals surface area contributed by atoms with Gasteiger partial charge in [0, 0.05) is 13.6 Å². The predicted molar refractivity (Wildman–Crippen MR) is 81.1 cm³/mol. The smallest absolute Gasteiger partial charge is 0.332 e. The molecule has 0 spiro atoms. The molecule has 0 saturated heterocycles. The van der Waals surface area contributed by atoms with Gasteiger partial charge >= 0.3 is 5.69 Å². The average molecular weight is 287 g/mol. The Morgan fingerprint density at radius 2 is 1.86 bits per heavy atom. The maximum atomic E-state index is 11.2. The zero-order chi connectivity index (χ0) is 15.6. The van der Waals surface area contributed by atoms with Crippen molar-refractivity contribution < 1.29 is 4.92 Å². The summed E-state index contributed by atoms with van der Waals surface area (Å²) >= 11 is 0. The molecule has 2 N–H and O–H groups in total. The van der Waals surface area contributed by atoms with E-state index in [0.717, 1.165) is 11.1 Å². The highest BCUT2D eigenvalue weighted by Crippen LogP contribution is 2.29. The second-order valence-electron chi connectivity index (χ2n) is 4.94. The van der Waals surface area contributed by atoms with Crippen LogP contribution in [0.4, 0.5) is 17.5 Å². The van der Waals surface area contributed by atoms with Crippen molar-refractivity contribution in [2.24, 2.45) is 0 Å². The standard InChI is InChI=1S/C14H17N5O2/c1-9-4-6-11(7-5-9)8-18(3)13-12(19(20)21)10(2)16-14(15)17-13/h4-7H,8H2,1-3H3,(H2,15,16,17). The highest BCUT2D eigenvalue weighted by atomic mass is 16.6. The highest BCUT2D eigenvalue weighted by Gasteiger charge is 2.24. The van der Waals surface area contributed by atoms with Crippen molar-refractivity contribution in [1.82, 2.24) is 9.97 Å². The largest absolute Gasteiger partial charge is 0.368 e. The fraction of sp³-hybridized carbons (Fsp3) is 0.286. The Morgan fingerprint density at radius 3 is 2.43 bits per heavy atom. The minimum absolute atomic E-state index is 0.0313. The Hall–Kier alpha value is -2.70. The normalized spacial score (nSPS) is 10.4. The van der Waals surface area contributed by atoms with E-state index in [2.05, 4.69) is 9.97 Å². The predicted octanol–water partition coefficient (Wildman–Crippen LogP) is 2.22. The fourth-order valence-corrected chi connectivity index (χ4v) is 2.10. The van der Waals surface area contributed by atoms with Gasteiger partial charge in [-0.3, -0.25) is 10.1 Å². The molecule has 110 valence electrons. The highest BCUT2D eigenvalue weighted by molar-refractivity contribution is 5.61. The van der Waals surface area contributed by atoms with Crippen LogP contribution in [0.1, 0.15) is 16.8 Å². The van der Waals surface area contributed by atoms with Crippen LogP contribution < -0.4 is 10.6 Å². The van der Waals surface area contributed by atoms with E-state index in [0.29, 0.717) is 6.54 Å². The zero-order valence-corrected chi connectivity index (χ0v) is 12.2. The number of hydrogen-bond acceptors (Lipinski definition) is 6. The molecule has 0 saturated carbocycles. The SMILES string of the molecule is Cc1ccc(CN(C)c2nc(N)nc(C)c2[N+](=O)[O-])cc1. The monoisotopic (exact) mass is 287 g/mol. The van der Waals surface area contributed by atoms with Gasteiger partial charge in [-0.15, -0.1) is 0 Å². The summed E-state index contributed by atoms with van der Waals surface area (Å²) in [7, 11) is 1.74. The number of nitro groups is 1. The van der Waals surface area contributed by atoms with Gasteiger partial charge in [0.2, 0.25) is 11.8 Å². The van der Waals surface area contributed by atoms with Gasteiger partial charge < -0.3 is 10.6 Å². The second kappa shape index (κ2) is 5.74. The molecule has 2 rings (SSSR count). The molecule has 7 heteroatoms. The number of nitrogens with two attached hydrogens (primary N) is 1. The average Bonchev–Trinajstić information content (AvgIpc) is 2.39. The molecule has 0 bridgehead atoms. The van der Waals surface area contributed by atoms with E-state index in [9.17, 15) is 10.1 Å². The van der Waals surface area contributed by atoms with Crippen molar-refractivity contribution in [3.05, 3.63) is 51.2 Å². The van der Waals surface area contributed by atoms with E-state index in [1.807, 2.05) is 31.2 Å². The summed E-state index contributed by atoms with van der Waals surface area (Å²) in [6, 6.07) is 7.96. The van der Waals surface area contributed by atoms with Crippen molar-refractivity contribution in [3.8, 4) is 0 Å². The summed E-state index contributed by atoms with van der Waals surface area (Å²) in [4.78, 5) is 20.3. The lowest BCUT2D eigenvalue weighted by Crippen LogP contribution is -2.20. The number of hydrogen-bond donors (Lipinski definition) is 1. The minimum Gasteiger partial charge on any atom is -0.368 e. The van der Waals surface area contributed by atoms with Crippen LogP contribution in [-0.2, 0) is 6.54 Å². The molecule has 0 aliphatic heterocycles. The van der Waals surface area contributed by atoms with Crippen LogP contribution in [0.2, 0.25) is 0 Å². The van der Waals surface area contributed by atoms with Crippen molar-refractivity contribution in [2.45, 2.75) is 20.4 Å². The second-order valence-corrected chi connectivity index (χ2v) is 4.94. The van der Waals surface area contributed by atoms with Crippen LogP contribution >= 0.6 is 0 Å². The molecule has 0 atom stereocenters. The summed E-state index contributed by atoms with van der Waals surface area (Å²) in [5, 5.41) is 11.2. The Bertz CT molecular complexity index is 670. The Kier molecular flexibility index (Phi) is 4.02. The number of rotatable bonds is 4. The van der Waals surface area contributed by atoms with Crippen LogP contribution in [0.15, 0.2) is 24.3 Å². The molecular formula is C14H17N5O2. The first kappa shape index (κ1) is 14.7. The van der Waals surface area contributed by atoms with Crippen molar-refractivity contribution in [2.75, 3.05) is 17.7 Å². The summed E-state index contributed by atoms with van der Waals surface area (Å²) in [6.45, 7) is 4.06. The van der Waals surface area contributed by atoms with E-state index in [4.69, 9.17) is 5.73 Å². The molecule has 0 radical (unpaired) electrons. The van der Waals surface area contributed by atoms with Gasteiger partial charge in [-0.2, -0.15) is 4.98 Å². The van der Waals surface area contributed by atoms with Crippen molar-refractivity contribution in [3.63, 3.8) is 0 Å². The summed E-state index contributed by atoms with van der Waals surface area (Å²) in [6.07, 6.45) is 0. The minimum atomic E-state index is -0.476. The maximum absolute atomic E-state index is 11.2. The third kappa shape index (κ3) is 3.25. The first-order valence-electron chi connectivity index (χ1n) is 6.43. The molecule has 0 aliphatic carbocycles. The molecule has 0 aliphatic rings. The Labute approximate surface area is 122 Å². The van der Waals surface area contributed by atoms with Gasteiger partial charge in [0.25, 0.3) is 0 Å². The van der Waals surface area contributed by atoms with E-state index >= 15 is 0 Å². The van der Waals surface area contributed by atoms with Gasteiger partial charge in [0.1, 0.15) is 5.69 Å². The lowest BCUT2D eigenvalue weighted by atomic mass is 10.1. The lowest BCUT2D eigenvalue weighted by Gasteiger charge is -2.19. The van der Waals surface area contributed by atoms with Crippen LogP contribution in [0.25, 0.3) is 0 Å². The molecule has 1 heterocycles. The molecule has 1 aromatic heterocycles. The number of nitrogens with zero attached hydrogens (tertiary/aromatic N) is 4. The van der Waals surface area contributed by atoms with E-state index in [-0.39, 0.29) is 23.1 Å². The molecule has 0 fully saturated rings. The molecular weight excluding hydrogens is 270 g/mol. The van der Waals surface area contributed by atoms with Crippen LogP contribution in [0.5, 0.6) is 0 Å². The summed E-state index contributed by atoms with van der Waals surface area (Å²) in [5.74, 6) is 0.259. The molecule has 0 amide bonds. The first-order chi connectivity index (χ1) is 9.88. The summed E-state index contributed by atoms with van der Waals surface area (Å²) in [5.41, 5.74) is 7.95. The molecule has 1 aromatic carbocycles. The van der Waals surface area contributed by atoms with Gasteiger partial charge in [0.15, 0.2) is 0 Å². The Morgan fingerprint density at radius 1 is 1.24 bits per heavy atom. The van der Waals surface area contributed by atoms with Gasteiger partial charge in [-0.25, -0.2) is 4.98 Å². The maximum Gasteiger partial charge on any atom is 0.332 e. The van der Waals surface area contributed by atoms with E-state index < -0.39 is 4.92 Å². The van der Waals surface area contributed by atoms with Gasteiger partial charge in [0.05, 0.1) is 4.92 Å². The third-order valence-electron chi connectivity index (χ3n) is 3.14. The number of aromatic nitrogens is 2. The lowest BCUT2D eigenvalue weighted by molar-refractivity contribution is -0.385. The first-order valence-corrected chi connectivity index (χ1v) is 6.43. The van der Waals surface area contributed by atoms with E-state index in [1.54, 1.807) is 18.9 Å². The molecule has 0 unspecified atom stereocenters. The van der Waals surface area contributed by atoms with Crippen molar-refractivity contribution >= 4 is 17.5 Å². The van der Waals surface area contributed by atoms with Crippen LogP contribution in [-0.4, -0.2) is 21.9 Å². The number of anilines is 2. The fourth-order valence-electron chi connectivity index (χ4n) is 2.10. The molecule has 2 aromatic rings. The topological polar surface area (TPSA) is 98.2 Å². The third-order valence-corrected chi connectivity index (χ3v) is 3.14. The van der Waals surface area contributed by atoms with Gasteiger partial charge in [-0.05, 0) is 19.4 Å². The summed E-state index contributed by atoms with van der Waals surface area (Å²) < 4.78 is 0. The number of nitrogen functional groups attached to an aromatic ring is 1. The van der Waals surface area contributed by atoms with Gasteiger partial charge in [-0.1, -0.05) is 29.8 Å². The quantitative estimate of drug-likeness (QED) is 0.684. The number of aryl methyl sites for hydroxylation is 2. The molecule has 7 nitrogen and oxygen atoms in total.